The van der Waals surface area contributed by atoms with Crippen LogP contribution >= 0.6 is 0 Å². The molecule has 1 fully saturated rings. The van der Waals surface area contributed by atoms with Gasteiger partial charge in [-0.15, -0.1) is 0 Å². The van der Waals surface area contributed by atoms with E-state index < -0.39 is 5.60 Å². The standard InChI is InChI=1S/C17H27NO2/c1-13-8-10-17(19,11-9-13)12-18-14(2)15-4-6-16(20-3)7-5-15/h4-7,13-14,18-19H,8-12H2,1-3H3. The average Bonchev–Trinajstić information content (AvgIpc) is 2.48. The van der Waals surface area contributed by atoms with Crippen LogP contribution in [0.1, 0.15) is 51.1 Å². The fraction of sp³-hybridized carbons (Fsp3) is 0.647. The summed E-state index contributed by atoms with van der Waals surface area (Å²) >= 11 is 0. The lowest BCUT2D eigenvalue weighted by molar-refractivity contribution is -0.00783. The Morgan fingerprint density at radius 2 is 1.90 bits per heavy atom. The molecule has 1 unspecified atom stereocenters. The van der Waals surface area contributed by atoms with Gasteiger partial charge in [-0.3, -0.25) is 0 Å². The van der Waals surface area contributed by atoms with Gasteiger partial charge in [0.25, 0.3) is 0 Å². The summed E-state index contributed by atoms with van der Waals surface area (Å²) in [4.78, 5) is 0. The highest BCUT2D eigenvalue weighted by atomic mass is 16.5. The van der Waals surface area contributed by atoms with Crippen LogP contribution in [0.15, 0.2) is 24.3 Å². The number of methoxy groups -OCH3 is 1. The molecule has 1 aromatic carbocycles. The molecule has 0 aliphatic heterocycles. The Morgan fingerprint density at radius 1 is 1.30 bits per heavy atom. The first-order chi connectivity index (χ1) is 9.52. The zero-order valence-corrected chi connectivity index (χ0v) is 12.9. The molecule has 112 valence electrons. The van der Waals surface area contributed by atoms with Crippen LogP contribution in [0.25, 0.3) is 0 Å². The summed E-state index contributed by atoms with van der Waals surface area (Å²) in [5, 5.41) is 14.1. The molecule has 1 aromatic rings. The van der Waals surface area contributed by atoms with Crippen molar-refractivity contribution in [1.29, 1.82) is 0 Å². The van der Waals surface area contributed by atoms with E-state index in [1.807, 2.05) is 12.1 Å². The summed E-state index contributed by atoms with van der Waals surface area (Å²) in [7, 11) is 1.68. The zero-order valence-electron chi connectivity index (χ0n) is 12.9. The van der Waals surface area contributed by atoms with Crippen LogP contribution in [-0.2, 0) is 0 Å². The predicted molar refractivity (Wildman–Crippen MR) is 82.0 cm³/mol. The molecule has 0 heterocycles. The molecule has 20 heavy (non-hydrogen) atoms. The fourth-order valence-electron chi connectivity index (χ4n) is 2.83. The average molecular weight is 277 g/mol. The molecule has 2 N–H and O–H groups in total. The van der Waals surface area contributed by atoms with E-state index >= 15 is 0 Å². The second kappa shape index (κ2) is 6.59. The molecule has 0 amide bonds. The van der Waals surface area contributed by atoms with Crippen molar-refractivity contribution in [3.05, 3.63) is 29.8 Å². The van der Waals surface area contributed by atoms with E-state index in [-0.39, 0.29) is 6.04 Å². The summed E-state index contributed by atoms with van der Waals surface area (Å²) < 4.78 is 5.17. The third kappa shape index (κ3) is 3.97. The second-order valence-corrected chi connectivity index (χ2v) is 6.28. The third-order valence-electron chi connectivity index (χ3n) is 4.56. The summed E-state index contributed by atoms with van der Waals surface area (Å²) in [6.45, 7) is 5.08. The zero-order chi connectivity index (χ0) is 14.6. The van der Waals surface area contributed by atoms with Crippen molar-refractivity contribution in [3.8, 4) is 5.75 Å². The van der Waals surface area contributed by atoms with Gasteiger partial charge in [0.05, 0.1) is 12.7 Å². The molecular weight excluding hydrogens is 250 g/mol. The molecule has 3 nitrogen and oxygen atoms in total. The van der Waals surface area contributed by atoms with Gasteiger partial charge in [0.1, 0.15) is 5.75 Å². The van der Waals surface area contributed by atoms with Crippen molar-refractivity contribution >= 4 is 0 Å². The SMILES string of the molecule is COc1ccc(C(C)NCC2(O)CCC(C)CC2)cc1. The van der Waals surface area contributed by atoms with Crippen LogP contribution < -0.4 is 10.1 Å². The highest BCUT2D eigenvalue weighted by Gasteiger charge is 2.31. The lowest BCUT2D eigenvalue weighted by Gasteiger charge is -2.36. The summed E-state index contributed by atoms with van der Waals surface area (Å²) in [6, 6.07) is 8.34. The van der Waals surface area contributed by atoms with Crippen molar-refractivity contribution in [2.45, 2.75) is 51.2 Å². The van der Waals surface area contributed by atoms with Gasteiger partial charge in [-0.1, -0.05) is 19.1 Å². The van der Waals surface area contributed by atoms with Gasteiger partial charge in [-0.05, 0) is 56.2 Å². The highest BCUT2D eigenvalue weighted by Crippen LogP contribution is 2.31. The lowest BCUT2D eigenvalue weighted by Crippen LogP contribution is -2.44. The predicted octanol–water partition coefficient (Wildman–Crippen LogP) is 3.29. The Kier molecular flexibility index (Phi) is 5.06. The molecular formula is C17H27NO2. The highest BCUT2D eigenvalue weighted by molar-refractivity contribution is 5.28. The van der Waals surface area contributed by atoms with Gasteiger partial charge in [0, 0.05) is 12.6 Å². The molecule has 0 aromatic heterocycles. The van der Waals surface area contributed by atoms with E-state index in [2.05, 4.69) is 31.3 Å². The van der Waals surface area contributed by atoms with Crippen LogP contribution in [0, 0.1) is 5.92 Å². The molecule has 0 radical (unpaired) electrons. The van der Waals surface area contributed by atoms with Gasteiger partial charge in [0.15, 0.2) is 0 Å². The van der Waals surface area contributed by atoms with Gasteiger partial charge in [-0.2, -0.15) is 0 Å². The Hall–Kier alpha value is -1.06. The molecule has 2 rings (SSSR count). The van der Waals surface area contributed by atoms with E-state index in [1.165, 1.54) is 5.56 Å². The molecule has 1 atom stereocenters. The quantitative estimate of drug-likeness (QED) is 0.868. The van der Waals surface area contributed by atoms with Crippen LogP contribution in [0.2, 0.25) is 0 Å². The van der Waals surface area contributed by atoms with Crippen molar-refractivity contribution in [2.75, 3.05) is 13.7 Å². The topological polar surface area (TPSA) is 41.5 Å². The lowest BCUT2D eigenvalue weighted by atomic mass is 9.79. The minimum atomic E-state index is -0.521. The smallest absolute Gasteiger partial charge is 0.118 e. The number of rotatable bonds is 5. The Morgan fingerprint density at radius 3 is 2.45 bits per heavy atom. The maximum atomic E-state index is 10.6. The van der Waals surface area contributed by atoms with Crippen LogP contribution in [0.3, 0.4) is 0 Å². The number of hydrogen-bond acceptors (Lipinski definition) is 3. The molecule has 3 heteroatoms. The van der Waals surface area contributed by atoms with Crippen LogP contribution in [0.4, 0.5) is 0 Å². The van der Waals surface area contributed by atoms with Crippen molar-refractivity contribution < 1.29 is 9.84 Å². The number of benzene rings is 1. The summed E-state index contributed by atoms with van der Waals surface area (Å²) in [5.41, 5.74) is 0.700. The van der Waals surface area contributed by atoms with E-state index in [9.17, 15) is 5.11 Å². The normalized spacial score (nSPS) is 28.1. The number of ether oxygens (including phenoxy) is 1. The first-order valence-corrected chi connectivity index (χ1v) is 7.62. The van der Waals surface area contributed by atoms with E-state index in [0.29, 0.717) is 6.54 Å². The maximum Gasteiger partial charge on any atom is 0.118 e. The molecule has 1 saturated carbocycles. The van der Waals surface area contributed by atoms with E-state index in [1.54, 1.807) is 7.11 Å². The Labute approximate surface area is 122 Å². The maximum absolute atomic E-state index is 10.6. The van der Waals surface area contributed by atoms with E-state index in [4.69, 9.17) is 4.74 Å². The van der Waals surface area contributed by atoms with Crippen molar-refractivity contribution in [2.24, 2.45) is 5.92 Å². The van der Waals surface area contributed by atoms with Gasteiger partial charge < -0.3 is 15.2 Å². The molecule has 0 saturated heterocycles. The van der Waals surface area contributed by atoms with Crippen LogP contribution in [-0.4, -0.2) is 24.4 Å². The largest absolute Gasteiger partial charge is 0.497 e. The molecule has 1 aliphatic rings. The molecule has 0 spiro atoms. The van der Waals surface area contributed by atoms with Gasteiger partial charge in [-0.25, -0.2) is 0 Å². The molecule has 0 bridgehead atoms. The van der Waals surface area contributed by atoms with Gasteiger partial charge in [0.2, 0.25) is 0 Å². The van der Waals surface area contributed by atoms with Crippen LogP contribution in [0.5, 0.6) is 5.75 Å². The Bertz CT molecular complexity index is 408. The fourth-order valence-corrected chi connectivity index (χ4v) is 2.83. The second-order valence-electron chi connectivity index (χ2n) is 6.28. The minimum absolute atomic E-state index is 0.240. The monoisotopic (exact) mass is 277 g/mol. The summed E-state index contributed by atoms with van der Waals surface area (Å²) in [6.07, 6.45) is 4.09. The number of nitrogens with one attached hydrogen (secondary N) is 1. The first kappa shape index (κ1) is 15.3. The van der Waals surface area contributed by atoms with E-state index in [0.717, 1.165) is 37.4 Å². The third-order valence-corrected chi connectivity index (χ3v) is 4.56. The van der Waals surface area contributed by atoms with Gasteiger partial charge >= 0.3 is 0 Å². The Balaban J connectivity index is 1.86. The summed E-state index contributed by atoms with van der Waals surface area (Å²) in [5.74, 6) is 1.63. The van der Waals surface area contributed by atoms with Crippen molar-refractivity contribution in [1.82, 2.24) is 5.32 Å². The molecule has 1 aliphatic carbocycles. The van der Waals surface area contributed by atoms with Crippen molar-refractivity contribution in [3.63, 3.8) is 0 Å². The number of hydrogen-bond donors (Lipinski definition) is 2. The number of aliphatic hydroxyl groups is 1. The first-order valence-electron chi connectivity index (χ1n) is 7.62. The minimum Gasteiger partial charge on any atom is -0.497 e.